The second-order valence-corrected chi connectivity index (χ2v) is 8.41. The van der Waals surface area contributed by atoms with Crippen LogP contribution in [0.5, 0.6) is 0 Å². The first-order valence-electron chi connectivity index (χ1n) is 10.6. The number of amides is 1. The van der Waals surface area contributed by atoms with Crippen molar-refractivity contribution in [1.29, 1.82) is 0 Å². The number of benzene rings is 1. The van der Waals surface area contributed by atoms with E-state index in [0.717, 1.165) is 22.3 Å². The van der Waals surface area contributed by atoms with Crippen LogP contribution < -0.4 is 15.5 Å². The Labute approximate surface area is 197 Å². The first-order valence-corrected chi connectivity index (χ1v) is 10.6. The molecule has 3 aromatic rings. The maximum Gasteiger partial charge on any atom is 0.295 e. The van der Waals surface area contributed by atoms with Crippen LogP contribution in [0.3, 0.4) is 0 Å². The van der Waals surface area contributed by atoms with Gasteiger partial charge >= 0.3 is 0 Å². The highest BCUT2D eigenvalue weighted by Gasteiger charge is 2.46. The summed E-state index contributed by atoms with van der Waals surface area (Å²) >= 11 is 0. The Kier molecular flexibility index (Phi) is 5.94. The number of fused-ring (bicyclic) bond motifs is 1. The number of aryl methyl sites for hydroxylation is 2. The molecule has 1 unspecified atom stereocenters. The van der Waals surface area contributed by atoms with Crippen LogP contribution in [0.25, 0.3) is 10.9 Å². The quantitative estimate of drug-likeness (QED) is 0.538. The molecule has 2 aliphatic rings. The number of halogens is 1. The lowest BCUT2D eigenvalue weighted by atomic mass is 10.0. The normalized spacial score (nSPS) is 21.9. The SMILES string of the molecule is CC1=CN[C@@](C(=O)Nc2cc3c(cnn3C)cc2N2CCC(O)C2)(c2ccnc(C)c2)O1.Cl. The summed E-state index contributed by atoms with van der Waals surface area (Å²) < 4.78 is 7.81. The molecule has 33 heavy (non-hydrogen) atoms. The average molecular weight is 471 g/mol. The maximum absolute atomic E-state index is 13.7. The monoisotopic (exact) mass is 470 g/mol. The fraction of sp³-hybridized carbons (Fsp3) is 0.348. The molecular formula is C23H27ClN6O3. The number of rotatable bonds is 4. The number of β-amino-alcohol motifs (C(OH)–C–C–N with tert-alkyl or cyclic N) is 1. The number of hydrogen-bond donors (Lipinski definition) is 3. The number of nitrogens with zero attached hydrogens (tertiary/aromatic N) is 4. The minimum atomic E-state index is -1.40. The number of carbonyl (C=O) groups excluding carboxylic acids is 1. The molecule has 2 atom stereocenters. The second kappa shape index (κ2) is 8.57. The van der Waals surface area contributed by atoms with Crippen molar-refractivity contribution in [2.45, 2.75) is 32.1 Å². The topological polar surface area (TPSA) is 105 Å². The molecule has 4 heterocycles. The van der Waals surface area contributed by atoms with Crippen LogP contribution in [0.15, 0.2) is 48.6 Å². The molecule has 0 spiro atoms. The maximum atomic E-state index is 13.7. The molecule has 174 valence electrons. The number of pyridine rings is 1. The Balaban J connectivity index is 0.00000259. The first-order chi connectivity index (χ1) is 15.4. The summed E-state index contributed by atoms with van der Waals surface area (Å²) in [5.74, 6) is 0.262. The summed E-state index contributed by atoms with van der Waals surface area (Å²) in [5, 5.41) is 21.6. The lowest BCUT2D eigenvalue weighted by Gasteiger charge is -2.30. The zero-order chi connectivity index (χ0) is 22.5. The van der Waals surface area contributed by atoms with Crippen LogP contribution in [-0.2, 0) is 22.3 Å². The molecule has 2 aliphatic heterocycles. The van der Waals surface area contributed by atoms with E-state index in [-0.39, 0.29) is 24.4 Å². The van der Waals surface area contributed by atoms with Crippen LogP contribution in [-0.4, -0.2) is 45.0 Å². The first kappa shape index (κ1) is 22.9. The highest BCUT2D eigenvalue weighted by atomic mass is 35.5. The highest BCUT2D eigenvalue weighted by Crippen LogP contribution is 2.36. The van der Waals surface area contributed by atoms with Gasteiger partial charge in [-0.05, 0) is 44.5 Å². The Hall–Kier alpha value is -3.30. The van der Waals surface area contributed by atoms with Crippen molar-refractivity contribution in [2.24, 2.45) is 7.05 Å². The molecule has 0 aliphatic carbocycles. The molecule has 10 heteroatoms. The third-order valence-corrected chi connectivity index (χ3v) is 6.03. The summed E-state index contributed by atoms with van der Waals surface area (Å²) in [4.78, 5) is 20.1. The number of allylic oxidation sites excluding steroid dienone is 1. The van der Waals surface area contributed by atoms with Crippen molar-refractivity contribution in [3.63, 3.8) is 0 Å². The van der Waals surface area contributed by atoms with E-state index in [1.165, 1.54) is 0 Å². The predicted molar refractivity (Wildman–Crippen MR) is 128 cm³/mol. The number of carbonyl (C=O) groups is 1. The second-order valence-electron chi connectivity index (χ2n) is 8.41. The zero-order valence-electron chi connectivity index (χ0n) is 18.7. The largest absolute Gasteiger partial charge is 0.458 e. The molecule has 2 aromatic heterocycles. The minimum absolute atomic E-state index is 0. The van der Waals surface area contributed by atoms with Crippen molar-refractivity contribution in [1.82, 2.24) is 20.1 Å². The Morgan fingerprint density at radius 2 is 2.15 bits per heavy atom. The van der Waals surface area contributed by atoms with Gasteiger partial charge in [0.05, 0.1) is 29.2 Å². The molecule has 1 saturated heterocycles. The lowest BCUT2D eigenvalue weighted by molar-refractivity contribution is -0.137. The van der Waals surface area contributed by atoms with Gasteiger partial charge in [-0.3, -0.25) is 14.5 Å². The van der Waals surface area contributed by atoms with Gasteiger partial charge in [0.2, 0.25) is 0 Å². The number of anilines is 2. The molecule has 1 aromatic carbocycles. The van der Waals surface area contributed by atoms with Crippen LogP contribution in [0.1, 0.15) is 24.6 Å². The molecule has 5 rings (SSSR count). The predicted octanol–water partition coefficient (Wildman–Crippen LogP) is 2.54. The summed E-state index contributed by atoms with van der Waals surface area (Å²) in [5.41, 5.74) is 2.43. The number of hydrogen-bond acceptors (Lipinski definition) is 7. The van der Waals surface area contributed by atoms with E-state index in [9.17, 15) is 9.90 Å². The van der Waals surface area contributed by atoms with E-state index in [1.54, 1.807) is 36.3 Å². The fourth-order valence-electron chi connectivity index (χ4n) is 4.37. The van der Waals surface area contributed by atoms with E-state index < -0.39 is 5.72 Å². The average Bonchev–Trinajstić information content (AvgIpc) is 3.47. The number of nitrogens with one attached hydrogen (secondary N) is 2. The molecule has 1 amide bonds. The van der Waals surface area contributed by atoms with Crippen LogP contribution in [0, 0.1) is 6.92 Å². The van der Waals surface area contributed by atoms with Crippen molar-refractivity contribution < 1.29 is 14.6 Å². The van der Waals surface area contributed by atoms with Crippen molar-refractivity contribution in [3.8, 4) is 0 Å². The van der Waals surface area contributed by atoms with Gasteiger partial charge in [0.1, 0.15) is 5.76 Å². The van der Waals surface area contributed by atoms with Gasteiger partial charge in [0.25, 0.3) is 11.6 Å². The fourth-order valence-corrected chi connectivity index (χ4v) is 4.37. The standard InChI is InChI=1S/C23H26N6O3.ClH/c1-14-8-17(4-6-24-14)23(25-11-15(2)32-23)22(31)27-19-10-20-16(12-26-28(20)3)9-21(19)29-7-5-18(30)13-29;/h4,6,8-12,18,25,30H,5,7,13H2,1-3H3,(H,27,31);1H/t18?,23-;/m0./s1. The van der Waals surface area contributed by atoms with Crippen LogP contribution >= 0.6 is 12.4 Å². The third-order valence-electron chi connectivity index (χ3n) is 6.03. The third kappa shape index (κ3) is 3.98. The van der Waals surface area contributed by atoms with Gasteiger partial charge in [-0.1, -0.05) is 0 Å². The van der Waals surface area contributed by atoms with E-state index >= 15 is 0 Å². The summed E-state index contributed by atoms with van der Waals surface area (Å²) in [7, 11) is 1.86. The van der Waals surface area contributed by atoms with E-state index in [4.69, 9.17) is 4.74 Å². The number of aromatic nitrogens is 3. The van der Waals surface area contributed by atoms with E-state index in [2.05, 4.69) is 25.6 Å². The molecule has 3 N–H and O–H groups in total. The minimum Gasteiger partial charge on any atom is -0.458 e. The molecular weight excluding hydrogens is 444 g/mol. The Morgan fingerprint density at radius 1 is 1.33 bits per heavy atom. The van der Waals surface area contributed by atoms with Crippen molar-refractivity contribution in [2.75, 3.05) is 23.3 Å². The Bertz CT molecular complexity index is 1240. The molecule has 1 fully saturated rings. The molecule has 0 saturated carbocycles. The van der Waals surface area contributed by atoms with Gasteiger partial charge in [0, 0.05) is 49.2 Å². The summed E-state index contributed by atoms with van der Waals surface area (Å²) in [6, 6.07) is 7.53. The van der Waals surface area contributed by atoms with Gasteiger partial charge in [-0.15, -0.1) is 12.4 Å². The van der Waals surface area contributed by atoms with Gasteiger partial charge in [-0.25, -0.2) is 0 Å². The molecule has 0 radical (unpaired) electrons. The van der Waals surface area contributed by atoms with Crippen molar-refractivity contribution in [3.05, 3.63) is 59.9 Å². The van der Waals surface area contributed by atoms with Gasteiger partial charge in [-0.2, -0.15) is 5.10 Å². The zero-order valence-corrected chi connectivity index (χ0v) is 19.5. The number of aliphatic hydroxyl groups is 1. The summed E-state index contributed by atoms with van der Waals surface area (Å²) in [6.45, 7) is 4.89. The number of aliphatic hydroxyl groups excluding tert-OH is 1. The van der Waals surface area contributed by atoms with Crippen molar-refractivity contribution >= 4 is 40.6 Å². The van der Waals surface area contributed by atoms with Gasteiger partial charge < -0.3 is 25.4 Å². The Morgan fingerprint density at radius 3 is 2.82 bits per heavy atom. The number of ether oxygens (including phenoxy) is 1. The van der Waals surface area contributed by atoms with Crippen LogP contribution in [0.2, 0.25) is 0 Å². The highest BCUT2D eigenvalue weighted by molar-refractivity contribution is 6.03. The van der Waals surface area contributed by atoms with E-state index in [1.807, 2.05) is 32.2 Å². The molecule has 9 nitrogen and oxygen atoms in total. The summed E-state index contributed by atoms with van der Waals surface area (Å²) in [6.07, 6.45) is 5.45. The van der Waals surface area contributed by atoms with E-state index in [0.29, 0.717) is 36.5 Å². The van der Waals surface area contributed by atoms with Gasteiger partial charge in [0.15, 0.2) is 0 Å². The van der Waals surface area contributed by atoms with Crippen LogP contribution in [0.4, 0.5) is 11.4 Å². The smallest absolute Gasteiger partial charge is 0.295 e. The molecule has 0 bridgehead atoms. The lowest BCUT2D eigenvalue weighted by Crippen LogP contribution is -2.49.